The van der Waals surface area contributed by atoms with Crippen molar-refractivity contribution in [3.8, 4) is 11.5 Å². The van der Waals surface area contributed by atoms with Gasteiger partial charge >= 0.3 is 0 Å². The molecule has 0 atom stereocenters. The number of rotatable bonds is 8. The number of methoxy groups -OCH3 is 1. The van der Waals surface area contributed by atoms with Crippen molar-refractivity contribution in [1.82, 2.24) is 4.90 Å². The van der Waals surface area contributed by atoms with E-state index in [2.05, 4.69) is 5.32 Å². The van der Waals surface area contributed by atoms with Crippen LogP contribution in [-0.2, 0) is 16.2 Å². The van der Waals surface area contributed by atoms with Crippen molar-refractivity contribution < 1.29 is 28.2 Å². The first-order valence-electron chi connectivity index (χ1n) is 11.4. The molecule has 0 saturated carbocycles. The first-order chi connectivity index (χ1) is 17.7. The van der Waals surface area contributed by atoms with Gasteiger partial charge in [-0.05, 0) is 67.1 Å². The van der Waals surface area contributed by atoms with E-state index in [0.29, 0.717) is 28.3 Å². The van der Waals surface area contributed by atoms with Gasteiger partial charge in [0.25, 0.3) is 11.1 Å². The highest BCUT2D eigenvalue weighted by Crippen LogP contribution is 2.35. The number of benzene rings is 3. The standard InChI is InChI=1S/C28H25FN2O5S/c1-17-8-10-22(18(2)12-17)30-26(32)15-31-27(33)25(37-28(31)34)14-19-9-11-23(24(13-19)35-3)36-16-20-6-4-5-7-21(20)29/h4-14H,15-16H2,1-3H3,(H,30,32)/b25-14+. The number of nitrogens with zero attached hydrogens (tertiary/aromatic N) is 1. The zero-order valence-electron chi connectivity index (χ0n) is 20.5. The Bertz CT molecular complexity index is 1410. The lowest BCUT2D eigenvalue weighted by atomic mass is 10.1. The van der Waals surface area contributed by atoms with E-state index < -0.39 is 17.1 Å². The number of nitrogens with one attached hydrogen (secondary N) is 1. The topological polar surface area (TPSA) is 84.9 Å². The molecule has 1 heterocycles. The third-order valence-electron chi connectivity index (χ3n) is 5.66. The van der Waals surface area contributed by atoms with Crippen LogP contribution in [0.2, 0.25) is 0 Å². The largest absolute Gasteiger partial charge is 0.493 e. The van der Waals surface area contributed by atoms with Crippen LogP contribution in [0.15, 0.2) is 65.6 Å². The SMILES string of the molecule is COc1cc(/C=C2/SC(=O)N(CC(=O)Nc3ccc(C)cc3C)C2=O)ccc1OCc1ccccc1F. The molecule has 1 fully saturated rings. The number of halogens is 1. The molecular formula is C28H25FN2O5S. The van der Waals surface area contributed by atoms with Gasteiger partial charge in [0.15, 0.2) is 11.5 Å². The molecule has 7 nitrogen and oxygen atoms in total. The van der Waals surface area contributed by atoms with E-state index in [1.165, 1.54) is 13.2 Å². The second-order valence-electron chi connectivity index (χ2n) is 8.42. The van der Waals surface area contributed by atoms with Crippen LogP contribution in [0.1, 0.15) is 22.3 Å². The number of ether oxygens (including phenoxy) is 2. The molecule has 1 N–H and O–H groups in total. The Labute approximate surface area is 218 Å². The van der Waals surface area contributed by atoms with Gasteiger partial charge in [-0.2, -0.15) is 0 Å². The fourth-order valence-electron chi connectivity index (χ4n) is 3.74. The average molecular weight is 521 g/mol. The van der Waals surface area contributed by atoms with Crippen LogP contribution >= 0.6 is 11.8 Å². The molecule has 3 aromatic rings. The van der Waals surface area contributed by atoms with Gasteiger partial charge in [0.2, 0.25) is 5.91 Å². The van der Waals surface area contributed by atoms with Crippen molar-refractivity contribution in [2.75, 3.05) is 19.0 Å². The maximum absolute atomic E-state index is 13.9. The molecule has 0 aliphatic carbocycles. The molecule has 1 aliphatic rings. The number of carbonyl (C=O) groups excluding carboxylic acids is 3. The van der Waals surface area contributed by atoms with Crippen molar-refractivity contribution in [2.24, 2.45) is 0 Å². The van der Waals surface area contributed by atoms with Gasteiger partial charge in [0.05, 0.1) is 12.0 Å². The van der Waals surface area contributed by atoms with E-state index in [9.17, 15) is 18.8 Å². The number of anilines is 1. The highest BCUT2D eigenvalue weighted by atomic mass is 32.2. The molecule has 190 valence electrons. The van der Waals surface area contributed by atoms with Crippen molar-refractivity contribution in [2.45, 2.75) is 20.5 Å². The Morgan fingerprint density at radius 1 is 1.05 bits per heavy atom. The highest BCUT2D eigenvalue weighted by molar-refractivity contribution is 8.18. The quantitative estimate of drug-likeness (QED) is 0.383. The summed E-state index contributed by atoms with van der Waals surface area (Å²) < 4.78 is 25.0. The minimum absolute atomic E-state index is 0.0193. The summed E-state index contributed by atoms with van der Waals surface area (Å²) in [5, 5.41) is 2.23. The fourth-order valence-corrected chi connectivity index (χ4v) is 4.58. The first-order valence-corrected chi connectivity index (χ1v) is 12.2. The number of thioether (sulfide) groups is 1. The van der Waals surface area contributed by atoms with Crippen LogP contribution in [0.5, 0.6) is 11.5 Å². The minimum atomic E-state index is -0.551. The number of aryl methyl sites for hydroxylation is 2. The number of carbonyl (C=O) groups is 3. The lowest BCUT2D eigenvalue weighted by Gasteiger charge is -2.14. The molecule has 1 aliphatic heterocycles. The molecule has 0 bridgehead atoms. The predicted octanol–water partition coefficient (Wildman–Crippen LogP) is 5.71. The summed E-state index contributed by atoms with van der Waals surface area (Å²) in [6.45, 7) is 3.45. The average Bonchev–Trinajstić information content (AvgIpc) is 3.13. The van der Waals surface area contributed by atoms with Crippen LogP contribution in [-0.4, -0.2) is 35.6 Å². The number of hydrogen-bond donors (Lipinski definition) is 1. The molecule has 1 saturated heterocycles. The van der Waals surface area contributed by atoms with E-state index in [4.69, 9.17) is 9.47 Å². The predicted molar refractivity (Wildman–Crippen MR) is 141 cm³/mol. The summed E-state index contributed by atoms with van der Waals surface area (Å²) in [6.07, 6.45) is 1.55. The Hall–Kier alpha value is -4.11. The Balaban J connectivity index is 1.43. The maximum Gasteiger partial charge on any atom is 0.294 e. The summed E-state index contributed by atoms with van der Waals surface area (Å²) in [5.74, 6) is -0.592. The molecule has 0 aromatic heterocycles. The van der Waals surface area contributed by atoms with E-state index in [-0.39, 0.29) is 23.9 Å². The highest BCUT2D eigenvalue weighted by Gasteiger charge is 2.36. The van der Waals surface area contributed by atoms with Crippen LogP contribution < -0.4 is 14.8 Å². The summed E-state index contributed by atoms with van der Waals surface area (Å²) in [4.78, 5) is 39.0. The van der Waals surface area contributed by atoms with Gasteiger partial charge in [-0.25, -0.2) is 4.39 Å². The number of imide groups is 1. The lowest BCUT2D eigenvalue weighted by molar-refractivity contribution is -0.127. The van der Waals surface area contributed by atoms with Crippen LogP contribution in [0, 0.1) is 19.7 Å². The molecule has 4 rings (SSSR count). The van der Waals surface area contributed by atoms with Crippen molar-refractivity contribution >= 4 is 40.6 Å². The van der Waals surface area contributed by atoms with Gasteiger partial charge in [0, 0.05) is 11.3 Å². The summed E-state index contributed by atoms with van der Waals surface area (Å²) >= 11 is 0.762. The van der Waals surface area contributed by atoms with Crippen molar-refractivity contribution in [1.29, 1.82) is 0 Å². The number of hydrogen-bond acceptors (Lipinski definition) is 6. The fraction of sp³-hybridized carbons (Fsp3) is 0.179. The van der Waals surface area contributed by atoms with Gasteiger partial charge in [0.1, 0.15) is 19.0 Å². The van der Waals surface area contributed by atoms with E-state index in [1.807, 2.05) is 26.0 Å². The van der Waals surface area contributed by atoms with Gasteiger partial charge < -0.3 is 14.8 Å². The lowest BCUT2D eigenvalue weighted by Crippen LogP contribution is -2.36. The third kappa shape index (κ3) is 6.18. The van der Waals surface area contributed by atoms with Crippen LogP contribution in [0.3, 0.4) is 0 Å². The molecule has 0 spiro atoms. The minimum Gasteiger partial charge on any atom is -0.493 e. The second kappa shape index (κ2) is 11.3. The summed E-state index contributed by atoms with van der Waals surface area (Å²) in [5.41, 5.74) is 3.58. The molecule has 0 radical (unpaired) electrons. The normalized spacial score (nSPS) is 14.3. The van der Waals surface area contributed by atoms with E-state index >= 15 is 0 Å². The zero-order chi connectivity index (χ0) is 26.5. The van der Waals surface area contributed by atoms with E-state index in [1.54, 1.807) is 48.5 Å². The smallest absolute Gasteiger partial charge is 0.294 e. The maximum atomic E-state index is 13.9. The molecule has 9 heteroatoms. The second-order valence-corrected chi connectivity index (χ2v) is 9.42. The van der Waals surface area contributed by atoms with Crippen LogP contribution in [0.4, 0.5) is 14.9 Å². The number of amides is 3. The molecule has 0 unspecified atom stereocenters. The van der Waals surface area contributed by atoms with Crippen molar-refractivity contribution in [3.05, 3.63) is 93.6 Å². The summed E-state index contributed by atoms with van der Waals surface area (Å²) in [6, 6.07) is 16.9. The monoisotopic (exact) mass is 520 g/mol. The zero-order valence-corrected chi connectivity index (χ0v) is 21.4. The first kappa shape index (κ1) is 26.0. The van der Waals surface area contributed by atoms with E-state index in [0.717, 1.165) is 27.8 Å². The van der Waals surface area contributed by atoms with Gasteiger partial charge in [-0.1, -0.05) is 42.0 Å². The van der Waals surface area contributed by atoms with Crippen LogP contribution in [0.25, 0.3) is 6.08 Å². The summed E-state index contributed by atoms with van der Waals surface area (Å²) in [7, 11) is 1.47. The van der Waals surface area contributed by atoms with Crippen molar-refractivity contribution in [3.63, 3.8) is 0 Å². The van der Waals surface area contributed by atoms with Gasteiger partial charge in [-0.15, -0.1) is 0 Å². The van der Waals surface area contributed by atoms with Gasteiger partial charge in [-0.3, -0.25) is 19.3 Å². The molecule has 3 amide bonds. The third-order valence-corrected chi connectivity index (χ3v) is 6.57. The Morgan fingerprint density at radius 3 is 2.57 bits per heavy atom. The molecular weight excluding hydrogens is 495 g/mol. The Kier molecular flexibility index (Phi) is 7.93. The molecule has 3 aromatic carbocycles. The Morgan fingerprint density at radius 2 is 1.84 bits per heavy atom. The molecule has 37 heavy (non-hydrogen) atoms.